The Morgan fingerprint density at radius 2 is 2.00 bits per heavy atom. The second kappa shape index (κ2) is 6.12. The molecule has 1 aliphatic carbocycles. The molecule has 2 N–H and O–H groups in total. The lowest BCUT2D eigenvalue weighted by Gasteiger charge is -2.07. The first-order valence-corrected chi connectivity index (χ1v) is 7.92. The number of rotatable bonds is 5. The molecule has 2 aromatic heterocycles. The van der Waals surface area contributed by atoms with Crippen LogP contribution in [0.1, 0.15) is 28.8 Å². The molecule has 1 fully saturated rings. The van der Waals surface area contributed by atoms with Crippen LogP contribution in [0.25, 0.3) is 5.65 Å². The van der Waals surface area contributed by atoms with Gasteiger partial charge in [-0.05, 0) is 36.6 Å². The van der Waals surface area contributed by atoms with Gasteiger partial charge in [-0.2, -0.15) is 5.10 Å². The van der Waals surface area contributed by atoms with Crippen molar-refractivity contribution in [1.82, 2.24) is 19.9 Å². The minimum absolute atomic E-state index is 0.200. The molecule has 0 bridgehead atoms. The van der Waals surface area contributed by atoms with Crippen molar-refractivity contribution in [2.24, 2.45) is 0 Å². The molecular formula is C17H15F2N5O. The predicted octanol–water partition coefficient (Wildman–Crippen LogP) is 2.51. The summed E-state index contributed by atoms with van der Waals surface area (Å²) in [6.07, 6.45) is 5.14. The van der Waals surface area contributed by atoms with E-state index in [-0.39, 0.29) is 18.5 Å². The molecule has 1 aromatic carbocycles. The summed E-state index contributed by atoms with van der Waals surface area (Å²) >= 11 is 0. The Balaban J connectivity index is 1.54. The van der Waals surface area contributed by atoms with Crippen molar-refractivity contribution >= 4 is 17.4 Å². The Kier molecular flexibility index (Phi) is 3.79. The third kappa shape index (κ3) is 3.42. The first-order chi connectivity index (χ1) is 12.1. The summed E-state index contributed by atoms with van der Waals surface area (Å²) in [6, 6.07) is 5.25. The summed E-state index contributed by atoms with van der Waals surface area (Å²) in [5.74, 6) is -0.974. The molecule has 0 atom stereocenters. The fourth-order valence-electron chi connectivity index (χ4n) is 2.52. The summed E-state index contributed by atoms with van der Waals surface area (Å²) in [7, 11) is 0. The Morgan fingerprint density at radius 3 is 2.72 bits per heavy atom. The Labute approximate surface area is 141 Å². The SMILES string of the molecule is O=C(NC1CC1)c1cnn2ccc(NCc3cc(F)cc(F)c3)nc12. The molecule has 0 saturated heterocycles. The van der Waals surface area contributed by atoms with Crippen LogP contribution >= 0.6 is 0 Å². The molecule has 0 unspecified atom stereocenters. The maximum atomic E-state index is 13.2. The van der Waals surface area contributed by atoms with Crippen molar-refractivity contribution in [3.05, 3.63) is 59.4 Å². The Morgan fingerprint density at radius 1 is 1.24 bits per heavy atom. The second-order valence-electron chi connectivity index (χ2n) is 6.02. The summed E-state index contributed by atoms with van der Waals surface area (Å²) in [5.41, 5.74) is 1.28. The molecule has 8 heteroatoms. The normalized spacial score (nSPS) is 13.8. The average Bonchev–Trinajstić information content (AvgIpc) is 3.28. The smallest absolute Gasteiger partial charge is 0.256 e. The summed E-state index contributed by atoms with van der Waals surface area (Å²) in [4.78, 5) is 16.6. The highest BCUT2D eigenvalue weighted by Crippen LogP contribution is 2.20. The van der Waals surface area contributed by atoms with Crippen LogP contribution in [0.3, 0.4) is 0 Å². The number of benzene rings is 1. The van der Waals surface area contributed by atoms with Gasteiger partial charge < -0.3 is 10.6 Å². The van der Waals surface area contributed by atoms with Crippen LogP contribution in [0.15, 0.2) is 36.7 Å². The molecule has 4 rings (SSSR count). The number of nitrogens with one attached hydrogen (secondary N) is 2. The van der Waals surface area contributed by atoms with Crippen LogP contribution in [-0.2, 0) is 6.54 Å². The molecule has 1 amide bonds. The third-order valence-corrected chi connectivity index (χ3v) is 3.92. The fourth-order valence-corrected chi connectivity index (χ4v) is 2.52. The lowest BCUT2D eigenvalue weighted by molar-refractivity contribution is 0.0952. The van der Waals surface area contributed by atoms with E-state index in [0.717, 1.165) is 18.9 Å². The van der Waals surface area contributed by atoms with Crippen molar-refractivity contribution in [2.45, 2.75) is 25.4 Å². The maximum Gasteiger partial charge on any atom is 0.256 e. The van der Waals surface area contributed by atoms with Crippen molar-refractivity contribution in [1.29, 1.82) is 0 Å². The van der Waals surface area contributed by atoms with E-state index in [0.29, 0.717) is 22.6 Å². The zero-order valence-corrected chi connectivity index (χ0v) is 13.2. The van der Waals surface area contributed by atoms with Crippen LogP contribution in [-0.4, -0.2) is 26.5 Å². The third-order valence-electron chi connectivity index (χ3n) is 3.92. The Bertz CT molecular complexity index is 931. The maximum absolute atomic E-state index is 13.2. The highest BCUT2D eigenvalue weighted by atomic mass is 19.1. The first kappa shape index (κ1) is 15.5. The molecule has 1 saturated carbocycles. The molecule has 0 radical (unpaired) electrons. The van der Waals surface area contributed by atoms with Crippen molar-refractivity contribution < 1.29 is 13.6 Å². The molecule has 3 aromatic rings. The summed E-state index contributed by atoms with van der Waals surface area (Å²) < 4.78 is 28.0. The highest BCUT2D eigenvalue weighted by Gasteiger charge is 2.25. The van der Waals surface area contributed by atoms with Gasteiger partial charge in [0, 0.05) is 24.8 Å². The topological polar surface area (TPSA) is 71.3 Å². The molecule has 6 nitrogen and oxygen atoms in total. The standard InChI is InChI=1S/C17H15F2N5O/c18-11-5-10(6-12(19)7-11)8-20-15-3-4-24-16(23-15)14(9-21-24)17(25)22-13-1-2-13/h3-7,9,13H,1-2,8H2,(H,20,23)(H,22,25). The number of aromatic nitrogens is 3. The van der Waals surface area contributed by atoms with Crippen molar-refractivity contribution in [3.8, 4) is 0 Å². The number of hydrogen-bond donors (Lipinski definition) is 2. The number of amides is 1. The van der Waals surface area contributed by atoms with E-state index in [9.17, 15) is 13.6 Å². The molecule has 128 valence electrons. The zero-order valence-electron chi connectivity index (χ0n) is 13.2. The van der Waals surface area contributed by atoms with Crippen LogP contribution in [0.2, 0.25) is 0 Å². The lowest BCUT2D eigenvalue weighted by atomic mass is 10.2. The largest absolute Gasteiger partial charge is 0.366 e. The minimum Gasteiger partial charge on any atom is -0.366 e. The van der Waals surface area contributed by atoms with Gasteiger partial charge in [-0.25, -0.2) is 18.3 Å². The highest BCUT2D eigenvalue weighted by molar-refractivity contribution is 6.00. The van der Waals surface area contributed by atoms with Crippen LogP contribution < -0.4 is 10.6 Å². The van der Waals surface area contributed by atoms with E-state index in [1.165, 1.54) is 22.8 Å². The van der Waals surface area contributed by atoms with Gasteiger partial charge in [-0.1, -0.05) is 0 Å². The number of hydrogen-bond acceptors (Lipinski definition) is 4. The first-order valence-electron chi connectivity index (χ1n) is 7.92. The molecule has 2 heterocycles. The van der Waals surface area contributed by atoms with Gasteiger partial charge in [-0.15, -0.1) is 0 Å². The van der Waals surface area contributed by atoms with E-state index in [4.69, 9.17) is 0 Å². The van der Waals surface area contributed by atoms with Crippen molar-refractivity contribution in [3.63, 3.8) is 0 Å². The number of carbonyl (C=O) groups is 1. The number of fused-ring (bicyclic) bond motifs is 1. The van der Waals surface area contributed by atoms with Gasteiger partial charge in [0.1, 0.15) is 23.0 Å². The summed E-state index contributed by atoms with van der Waals surface area (Å²) in [6.45, 7) is 0.204. The quantitative estimate of drug-likeness (QED) is 0.747. The van der Waals surface area contributed by atoms with Crippen LogP contribution in [0, 0.1) is 11.6 Å². The fraction of sp³-hybridized carbons (Fsp3) is 0.235. The number of nitrogens with zero attached hydrogens (tertiary/aromatic N) is 3. The molecule has 25 heavy (non-hydrogen) atoms. The van der Waals surface area contributed by atoms with E-state index in [1.807, 2.05) is 0 Å². The van der Waals surface area contributed by atoms with E-state index in [1.54, 1.807) is 12.3 Å². The summed E-state index contributed by atoms with van der Waals surface area (Å²) in [5, 5.41) is 10.0. The molecular weight excluding hydrogens is 328 g/mol. The zero-order chi connectivity index (χ0) is 17.4. The molecule has 1 aliphatic rings. The Hall–Kier alpha value is -3.03. The average molecular weight is 343 g/mol. The number of anilines is 1. The monoisotopic (exact) mass is 343 g/mol. The predicted molar refractivity (Wildman–Crippen MR) is 87.2 cm³/mol. The van der Waals surface area contributed by atoms with Gasteiger partial charge in [0.05, 0.1) is 6.20 Å². The molecule has 0 aliphatic heterocycles. The van der Waals surface area contributed by atoms with Crippen LogP contribution in [0.5, 0.6) is 0 Å². The van der Waals surface area contributed by atoms with Gasteiger partial charge >= 0.3 is 0 Å². The van der Waals surface area contributed by atoms with Gasteiger partial charge in [0.25, 0.3) is 5.91 Å². The van der Waals surface area contributed by atoms with Crippen molar-refractivity contribution in [2.75, 3.05) is 5.32 Å². The van der Waals surface area contributed by atoms with Crippen LogP contribution in [0.4, 0.5) is 14.6 Å². The lowest BCUT2D eigenvalue weighted by Crippen LogP contribution is -2.25. The van der Waals surface area contributed by atoms with Gasteiger partial charge in [0.2, 0.25) is 0 Å². The van der Waals surface area contributed by atoms with E-state index >= 15 is 0 Å². The van der Waals surface area contributed by atoms with E-state index < -0.39 is 11.6 Å². The van der Waals surface area contributed by atoms with Gasteiger partial charge in [-0.3, -0.25) is 4.79 Å². The van der Waals surface area contributed by atoms with Gasteiger partial charge in [0.15, 0.2) is 5.65 Å². The molecule has 0 spiro atoms. The number of carbonyl (C=O) groups excluding carboxylic acids is 1. The number of halogens is 2. The minimum atomic E-state index is -0.630. The van der Waals surface area contributed by atoms with E-state index in [2.05, 4.69) is 20.7 Å². The second-order valence-corrected chi connectivity index (χ2v) is 6.02.